The van der Waals surface area contributed by atoms with Crippen LogP contribution in [-0.2, 0) is 14.3 Å². The maximum Gasteiger partial charge on any atom is 0.338 e. The van der Waals surface area contributed by atoms with Crippen LogP contribution in [0.2, 0.25) is 0 Å². The molecule has 1 aliphatic heterocycles. The summed E-state index contributed by atoms with van der Waals surface area (Å²) in [6.07, 6.45) is 4.09. The first-order valence-corrected chi connectivity index (χ1v) is 9.90. The number of esters is 1. The first-order valence-electron chi connectivity index (χ1n) is 9.90. The van der Waals surface area contributed by atoms with Crippen LogP contribution in [0, 0.1) is 11.8 Å². The van der Waals surface area contributed by atoms with Gasteiger partial charge in [-0.05, 0) is 44.0 Å². The second-order valence-electron chi connectivity index (χ2n) is 7.49. The van der Waals surface area contributed by atoms with Crippen molar-refractivity contribution in [1.82, 2.24) is 0 Å². The van der Waals surface area contributed by atoms with Crippen molar-refractivity contribution in [2.24, 2.45) is 11.8 Å². The second kappa shape index (κ2) is 8.06. The number of fused-ring (bicyclic) bond motifs is 1. The summed E-state index contributed by atoms with van der Waals surface area (Å²) < 4.78 is 5.29. The minimum absolute atomic E-state index is 0.202. The van der Waals surface area contributed by atoms with E-state index in [0.29, 0.717) is 24.1 Å². The number of allylic oxidation sites excluding steroid dienone is 2. The Morgan fingerprint density at radius 3 is 2.00 bits per heavy atom. The normalized spacial score (nSPS) is 21.3. The lowest BCUT2D eigenvalue weighted by atomic mass is 9.85. The fraction of sp³-hybridized carbons (Fsp3) is 0.250. The molecule has 1 fully saturated rings. The predicted molar refractivity (Wildman–Crippen MR) is 110 cm³/mol. The zero-order chi connectivity index (χ0) is 21.3. The van der Waals surface area contributed by atoms with Gasteiger partial charge in [0.05, 0.1) is 23.1 Å². The number of anilines is 1. The number of ketones is 1. The van der Waals surface area contributed by atoms with Crippen LogP contribution in [0.15, 0.2) is 66.7 Å². The van der Waals surface area contributed by atoms with Gasteiger partial charge in [-0.15, -0.1) is 0 Å². The number of carbonyl (C=O) groups is 4. The first kappa shape index (κ1) is 19.8. The van der Waals surface area contributed by atoms with Gasteiger partial charge in [-0.3, -0.25) is 19.3 Å². The Hall–Kier alpha value is -3.54. The predicted octanol–water partition coefficient (Wildman–Crippen LogP) is 3.57. The molecule has 1 heterocycles. The van der Waals surface area contributed by atoms with Crippen LogP contribution >= 0.6 is 0 Å². The van der Waals surface area contributed by atoms with Crippen LogP contribution in [-0.4, -0.2) is 29.7 Å². The lowest BCUT2D eigenvalue weighted by molar-refractivity contribution is -0.122. The van der Waals surface area contributed by atoms with Gasteiger partial charge in [0.2, 0.25) is 17.6 Å². The summed E-state index contributed by atoms with van der Waals surface area (Å²) in [5.41, 5.74) is 1.14. The van der Waals surface area contributed by atoms with Crippen molar-refractivity contribution < 1.29 is 23.9 Å². The van der Waals surface area contributed by atoms with Crippen LogP contribution < -0.4 is 4.90 Å². The fourth-order valence-corrected chi connectivity index (χ4v) is 3.92. The molecule has 0 bridgehead atoms. The summed E-state index contributed by atoms with van der Waals surface area (Å²) in [5.74, 6) is -1.95. The number of imide groups is 1. The Kier molecular flexibility index (Phi) is 5.31. The minimum Gasteiger partial charge on any atom is -0.451 e. The molecular weight excluding hydrogens is 382 g/mol. The van der Waals surface area contributed by atoms with Crippen LogP contribution in [0.25, 0.3) is 0 Å². The molecule has 0 N–H and O–H groups in total. The molecule has 0 saturated carbocycles. The van der Waals surface area contributed by atoms with E-state index < -0.39 is 12.1 Å². The van der Waals surface area contributed by atoms with Crippen LogP contribution in [0.4, 0.5) is 5.69 Å². The Morgan fingerprint density at radius 2 is 1.43 bits per heavy atom. The summed E-state index contributed by atoms with van der Waals surface area (Å²) in [7, 11) is 0. The smallest absolute Gasteiger partial charge is 0.338 e. The number of ether oxygens (including phenoxy) is 1. The Morgan fingerprint density at radius 1 is 0.867 bits per heavy atom. The van der Waals surface area contributed by atoms with Gasteiger partial charge in [-0.2, -0.15) is 0 Å². The van der Waals surface area contributed by atoms with Gasteiger partial charge < -0.3 is 4.74 Å². The highest BCUT2D eigenvalue weighted by molar-refractivity contribution is 6.22. The molecule has 3 atom stereocenters. The molecule has 6 heteroatoms. The lowest BCUT2D eigenvalue weighted by Crippen LogP contribution is -2.30. The molecule has 4 rings (SSSR count). The molecule has 152 valence electrons. The Bertz CT molecular complexity index is 999. The van der Waals surface area contributed by atoms with Crippen LogP contribution in [0.3, 0.4) is 0 Å². The quantitative estimate of drug-likeness (QED) is 0.330. The highest BCUT2D eigenvalue weighted by Crippen LogP contribution is 2.37. The molecule has 0 aromatic heterocycles. The van der Waals surface area contributed by atoms with Crippen molar-refractivity contribution in [3.05, 3.63) is 77.9 Å². The van der Waals surface area contributed by atoms with E-state index in [1.807, 2.05) is 12.2 Å². The molecule has 1 aliphatic carbocycles. The van der Waals surface area contributed by atoms with Gasteiger partial charge >= 0.3 is 5.97 Å². The van der Waals surface area contributed by atoms with Crippen molar-refractivity contribution in [2.75, 3.05) is 4.90 Å². The van der Waals surface area contributed by atoms with Crippen molar-refractivity contribution in [3.63, 3.8) is 0 Å². The molecule has 2 amide bonds. The zero-order valence-electron chi connectivity index (χ0n) is 16.5. The summed E-state index contributed by atoms with van der Waals surface area (Å²) in [6, 6.07) is 14.7. The number of rotatable bonds is 5. The van der Waals surface area contributed by atoms with Crippen molar-refractivity contribution >= 4 is 29.3 Å². The van der Waals surface area contributed by atoms with Crippen molar-refractivity contribution in [1.29, 1.82) is 0 Å². The average Bonchev–Trinajstić information content (AvgIpc) is 3.04. The zero-order valence-corrected chi connectivity index (χ0v) is 16.5. The van der Waals surface area contributed by atoms with E-state index in [1.165, 1.54) is 24.0 Å². The monoisotopic (exact) mass is 403 g/mol. The SMILES string of the molecule is C[C@H](OC(=O)c1ccc(N2C(=O)[C@@H]3CC=CC[C@H]3C2=O)cc1)C(=O)c1ccccc1. The summed E-state index contributed by atoms with van der Waals surface area (Å²) in [5, 5.41) is 0. The minimum atomic E-state index is -0.933. The maximum atomic E-state index is 12.7. The number of Topliss-reactive ketones (excluding diaryl/α,β-unsaturated/α-hetero) is 1. The number of amides is 2. The molecule has 2 aliphatic rings. The van der Waals surface area contributed by atoms with Gasteiger partial charge in [0, 0.05) is 5.56 Å². The molecule has 2 aromatic rings. The fourth-order valence-electron chi connectivity index (χ4n) is 3.92. The van der Waals surface area contributed by atoms with Crippen LogP contribution in [0.5, 0.6) is 0 Å². The number of nitrogens with zero attached hydrogens (tertiary/aromatic N) is 1. The summed E-state index contributed by atoms with van der Waals surface area (Å²) in [6.45, 7) is 1.53. The average molecular weight is 403 g/mol. The molecule has 2 aromatic carbocycles. The van der Waals surface area contributed by atoms with Gasteiger partial charge in [0.25, 0.3) is 0 Å². The van der Waals surface area contributed by atoms with E-state index in [2.05, 4.69) is 0 Å². The summed E-state index contributed by atoms with van der Waals surface area (Å²) in [4.78, 5) is 51.3. The molecule has 6 nitrogen and oxygen atoms in total. The van der Waals surface area contributed by atoms with E-state index in [1.54, 1.807) is 42.5 Å². The first-order chi connectivity index (χ1) is 14.5. The van der Waals surface area contributed by atoms with Crippen LogP contribution in [0.1, 0.15) is 40.5 Å². The van der Waals surface area contributed by atoms with E-state index in [4.69, 9.17) is 4.74 Å². The molecule has 30 heavy (non-hydrogen) atoms. The Balaban J connectivity index is 1.45. The van der Waals surface area contributed by atoms with Crippen molar-refractivity contribution in [2.45, 2.75) is 25.9 Å². The largest absolute Gasteiger partial charge is 0.451 e. The highest BCUT2D eigenvalue weighted by atomic mass is 16.5. The van der Waals surface area contributed by atoms with Crippen molar-refractivity contribution in [3.8, 4) is 0 Å². The van der Waals surface area contributed by atoms with Gasteiger partial charge in [-0.25, -0.2) is 4.79 Å². The van der Waals surface area contributed by atoms with E-state index >= 15 is 0 Å². The van der Waals surface area contributed by atoms with E-state index in [0.717, 1.165) is 0 Å². The topological polar surface area (TPSA) is 80.8 Å². The second-order valence-corrected chi connectivity index (χ2v) is 7.49. The number of benzene rings is 2. The third-order valence-corrected chi connectivity index (χ3v) is 5.58. The number of hydrogen-bond acceptors (Lipinski definition) is 5. The molecular formula is C24H21NO5. The van der Waals surface area contributed by atoms with E-state index in [9.17, 15) is 19.2 Å². The number of carbonyl (C=O) groups excluding carboxylic acids is 4. The Labute approximate surface area is 174 Å². The third kappa shape index (κ3) is 3.56. The summed E-state index contributed by atoms with van der Waals surface area (Å²) >= 11 is 0. The number of hydrogen-bond donors (Lipinski definition) is 0. The highest BCUT2D eigenvalue weighted by Gasteiger charge is 2.47. The van der Waals surface area contributed by atoms with Gasteiger partial charge in [0.1, 0.15) is 0 Å². The third-order valence-electron chi connectivity index (χ3n) is 5.58. The van der Waals surface area contributed by atoms with E-state index in [-0.39, 0.29) is 35.0 Å². The lowest BCUT2D eigenvalue weighted by Gasteiger charge is -2.16. The maximum absolute atomic E-state index is 12.7. The molecule has 0 spiro atoms. The molecule has 0 radical (unpaired) electrons. The standard InChI is InChI=1S/C24H21NO5/c1-15(21(26)16-7-3-2-4-8-16)30-24(29)17-11-13-18(14-12-17)25-22(27)19-9-5-6-10-20(19)23(25)28/h2-8,11-15,19-20H,9-10H2,1H3/t15-,19+,20+/m0/s1. The molecule has 1 saturated heterocycles. The van der Waals surface area contributed by atoms with Gasteiger partial charge in [-0.1, -0.05) is 42.5 Å². The van der Waals surface area contributed by atoms with Gasteiger partial charge in [0.15, 0.2) is 6.10 Å². The molecule has 0 unspecified atom stereocenters.